The molecule has 2 aromatic carbocycles. The highest BCUT2D eigenvalue weighted by Crippen LogP contribution is 2.30. The van der Waals surface area contributed by atoms with E-state index in [4.69, 9.17) is 9.47 Å². The van der Waals surface area contributed by atoms with E-state index >= 15 is 0 Å². The quantitative estimate of drug-likeness (QED) is 0.552. The summed E-state index contributed by atoms with van der Waals surface area (Å²) < 4.78 is 11.0. The van der Waals surface area contributed by atoms with Gasteiger partial charge in [-0.05, 0) is 37.0 Å². The molecule has 0 aliphatic rings. The van der Waals surface area contributed by atoms with Gasteiger partial charge in [-0.25, -0.2) is 0 Å². The van der Waals surface area contributed by atoms with Gasteiger partial charge in [-0.1, -0.05) is 49.4 Å². The number of carbonyl (C=O) groups is 1. The van der Waals surface area contributed by atoms with Crippen LogP contribution in [0.4, 0.5) is 0 Å². The second-order valence-electron chi connectivity index (χ2n) is 5.67. The maximum absolute atomic E-state index is 11.2. The van der Waals surface area contributed by atoms with Gasteiger partial charge in [0.15, 0.2) is 0 Å². The first kappa shape index (κ1) is 17.2. The molecule has 1 atom stereocenters. The third-order valence-electron chi connectivity index (χ3n) is 3.54. The Morgan fingerprint density at radius 3 is 2.43 bits per heavy atom. The summed E-state index contributed by atoms with van der Waals surface area (Å²) >= 11 is 0. The minimum absolute atomic E-state index is 0.217. The van der Waals surface area contributed by atoms with E-state index in [1.807, 2.05) is 24.3 Å². The molecule has 2 aromatic rings. The van der Waals surface area contributed by atoms with Crippen LogP contribution < -0.4 is 4.74 Å². The fraction of sp³-hybridized carbons (Fsp3) is 0.350. The highest BCUT2D eigenvalue weighted by molar-refractivity contribution is 5.76. The molecule has 0 N–H and O–H groups in total. The standard InChI is InChI=1S/C20H24O3/c1-4-13-22-15(2)14-17-9-11-18(12-10-17)19-7-5-6-8-20(19)23-16(3)21/h5-12,15H,4,13-14H2,1-3H3. The van der Waals surface area contributed by atoms with Crippen LogP contribution in [0.2, 0.25) is 0 Å². The lowest BCUT2D eigenvalue weighted by Gasteiger charge is -2.13. The lowest BCUT2D eigenvalue weighted by molar-refractivity contribution is -0.131. The van der Waals surface area contributed by atoms with E-state index in [1.54, 1.807) is 0 Å². The Hall–Kier alpha value is -2.13. The topological polar surface area (TPSA) is 35.5 Å². The van der Waals surface area contributed by atoms with Gasteiger partial charge in [-0.15, -0.1) is 0 Å². The van der Waals surface area contributed by atoms with Gasteiger partial charge >= 0.3 is 5.97 Å². The number of hydrogen-bond donors (Lipinski definition) is 0. The Kier molecular flexibility index (Phi) is 6.36. The number of carbonyl (C=O) groups excluding carboxylic acids is 1. The number of esters is 1. The molecule has 1 unspecified atom stereocenters. The van der Waals surface area contributed by atoms with Crippen LogP contribution in [-0.2, 0) is 16.0 Å². The molecule has 0 bridgehead atoms. The lowest BCUT2D eigenvalue weighted by Crippen LogP contribution is -2.12. The molecule has 0 spiro atoms. The predicted molar refractivity (Wildman–Crippen MR) is 92.6 cm³/mol. The van der Waals surface area contributed by atoms with E-state index in [1.165, 1.54) is 12.5 Å². The third-order valence-corrected chi connectivity index (χ3v) is 3.54. The summed E-state index contributed by atoms with van der Waals surface area (Å²) in [7, 11) is 0. The van der Waals surface area contributed by atoms with Crippen molar-refractivity contribution in [1.29, 1.82) is 0 Å². The summed E-state index contributed by atoms with van der Waals surface area (Å²) in [5.74, 6) is 0.281. The van der Waals surface area contributed by atoms with E-state index < -0.39 is 0 Å². The summed E-state index contributed by atoms with van der Waals surface area (Å²) in [6.45, 7) is 6.42. The van der Waals surface area contributed by atoms with Crippen molar-refractivity contribution in [2.24, 2.45) is 0 Å². The molecule has 3 nitrogen and oxygen atoms in total. The molecule has 23 heavy (non-hydrogen) atoms. The maximum Gasteiger partial charge on any atom is 0.308 e. The van der Waals surface area contributed by atoms with Crippen molar-refractivity contribution in [2.75, 3.05) is 6.61 Å². The molecule has 0 saturated carbocycles. The van der Waals surface area contributed by atoms with Crippen LogP contribution >= 0.6 is 0 Å². The minimum Gasteiger partial charge on any atom is -0.426 e. The summed E-state index contributed by atoms with van der Waals surface area (Å²) in [5.41, 5.74) is 3.19. The highest BCUT2D eigenvalue weighted by Gasteiger charge is 2.09. The Morgan fingerprint density at radius 2 is 1.78 bits per heavy atom. The molecule has 0 aromatic heterocycles. The first-order valence-electron chi connectivity index (χ1n) is 8.08. The number of hydrogen-bond acceptors (Lipinski definition) is 3. The molecule has 0 aliphatic heterocycles. The predicted octanol–water partition coefficient (Wildman–Crippen LogP) is 4.64. The van der Waals surface area contributed by atoms with Gasteiger partial charge in [-0.3, -0.25) is 4.79 Å². The van der Waals surface area contributed by atoms with Gasteiger partial charge in [0.2, 0.25) is 0 Å². The fourth-order valence-electron chi connectivity index (χ4n) is 2.48. The van der Waals surface area contributed by atoms with E-state index in [0.29, 0.717) is 5.75 Å². The van der Waals surface area contributed by atoms with Crippen LogP contribution in [0.1, 0.15) is 32.8 Å². The van der Waals surface area contributed by atoms with Crippen LogP contribution in [0.3, 0.4) is 0 Å². The number of rotatable bonds is 7. The normalized spacial score (nSPS) is 12.0. The molecule has 122 valence electrons. The molecule has 0 heterocycles. The van der Waals surface area contributed by atoms with Crippen molar-refractivity contribution in [3.8, 4) is 16.9 Å². The van der Waals surface area contributed by atoms with Crippen molar-refractivity contribution in [2.45, 2.75) is 39.7 Å². The number of para-hydroxylation sites is 1. The lowest BCUT2D eigenvalue weighted by atomic mass is 10.0. The summed E-state index contributed by atoms with van der Waals surface area (Å²) in [5, 5.41) is 0. The zero-order valence-corrected chi connectivity index (χ0v) is 14.0. The second kappa shape index (κ2) is 8.49. The van der Waals surface area contributed by atoms with E-state index in [0.717, 1.165) is 30.6 Å². The van der Waals surface area contributed by atoms with Crippen LogP contribution in [0.15, 0.2) is 48.5 Å². The first-order chi connectivity index (χ1) is 11.1. The monoisotopic (exact) mass is 312 g/mol. The minimum atomic E-state index is -0.309. The third kappa shape index (κ3) is 5.22. The molecule has 0 aliphatic carbocycles. The molecule has 3 heteroatoms. The Morgan fingerprint density at radius 1 is 1.09 bits per heavy atom. The SMILES string of the molecule is CCCOC(C)Cc1ccc(-c2ccccc2OC(C)=O)cc1. The summed E-state index contributed by atoms with van der Waals surface area (Å²) in [4.78, 5) is 11.2. The first-order valence-corrected chi connectivity index (χ1v) is 8.08. The number of ether oxygens (including phenoxy) is 2. The van der Waals surface area contributed by atoms with Crippen LogP contribution in [0.5, 0.6) is 5.75 Å². The van der Waals surface area contributed by atoms with Crippen molar-refractivity contribution < 1.29 is 14.3 Å². The van der Waals surface area contributed by atoms with Crippen molar-refractivity contribution >= 4 is 5.97 Å². The average molecular weight is 312 g/mol. The van der Waals surface area contributed by atoms with Crippen molar-refractivity contribution in [1.82, 2.24) is 0 Å². The zero-order valence-electron chi connectivity index (χ0n) is 14.0. The van der Waals surface area contributed by atoms with E-state index in [9.17, 15) is 4.79 Å². The molecule has 0 fully saturated rings. The molecule has 0 amide bonds. The Labute approximate surface area is 138 Å². The Balaban J connectivity index is 2.12. The number of benzene rings is 2. The molecule has 0 saturated heterocycles. The smallest absolute Gasteiger partial charge is 0.308 e. The largest absolute Gasteiger partial charge is 0.426 e. The van der Waals surface area contributed by atoms with Crippen LogP contribution in [-0.4, -0.2) is 18.7 Å². The average Bonchev–Trinajstić information content (AvgIpc) is 2.54. The van der Waals surface area contributed by atoms with Gasteiger partial charge in [0.05, 0.1) is 6.10 Å². The van der Waals surface area contributed by atoms with Crippen molar-refractivity contribution in [3.05, 3.63) is 54.1 Å². The van der Waals surface area contributed by atoms with E-state index in [2.05, 4.69) is 38.1 Å². The van der Waals surface area contributed by atoms with Gasteiger partial charge in [-0.2, -0.15) is 0 Å². The zero-order chi connectivity index (χ0) is 16.7. The highest BCUT2D eigenvalue weighted by atomic mass is 16.5. The van der Waals surface area contributed by atoms with Crippen molar-refractivity contribution in [3.63, 3.8) is 0 Å². The Bertz CT molecular complexity index is 632. The molecular formula is C20H24O3. The van der Waals surface area contributed by atoms with Gasteiger partial charge < -0.3 is 9.47 Å². The maximum atomic E-state index is 11.2. The van der Waals surface area contributed by atoms with E-state index in [-0.39, 0.29) is 12.1 Å². The van der Waals surface area contributed by atoms with Gasteiger partial charge in [0, 0.05) is 19.1 Å². The van der Waals surface area contributed by atoms with Crippen LogP contribution in [0.25, 0.3) is 11.1 Å². The van der Waals surface area contributed by atoms with Crippen LogP contribution in [0, 0.1) is 0 Å². The molecular weight excluding hydrogens is 288 g/mol. The van der Waals surface area contributed by atoms with Gasteiger partial charge in [0.1, 0.15) is 5.75 Å². The molecule has 2 rings (SSSR count). The van der Waals surface area contributed by atoms with Gasteiger partial charge in [0.25, 0.3) is 0 Å². The summed E-state index contributed by atoms with van der Waals surface area (Å²) in [6, 6.07) is 15.9. The summed E-state index contributed by atoms with van der Waals surface area (Å²) in [6.07, 6.45) is 2.15. The second-order valence-corrected chi connectivity index (χ2v) is 5.67. The fourth-order valence-corrected chi connectivity index (χ4v) is 2.48. The molecule has 0 radical (unpaired) electrons.